The molecule has 18 heavy (non-hydrogen) atoms. The molecule has 0 bridgehead atoms. The second-order valence-electron chi connectivity index (χ2n) is 4.06. The van der Waals surface area contributed by atoms with E-state index >= 15 is 0 Å². The topological polar surface area (TPSA) is 62.5 Å². The van der Waals surface area contributed by atoms with Crippen LogP contribution in [-0.2, 0) is 5.60 Å². The molecule has 0 fully saturated rings. The van der Waals surface area contributed by atoms with Crippen molar-refractivity contribution >= 4 is 33.2 Å². The maximum Gasteiger partial charge on any atom is 0.261 e. The Morgan fingerprint density at radius 1 is 1.67 bits per heavy atom. The van der Waals surface area contributed by atoms with Gasteiger partial charge in [0.1, 0.15) is 11.4 Å². The van der Waals surface area contributed by atoms with E-state index in [0.29, 0.717) is 10.6 Å². The highest BCUT2D eigenvalue weighted by Crippen LogP contribution is 2.22. The number of amides is 1. The summed E-state index contributed by atoms with van der Waals surface area (Å²) in [6.07, 6.45) is 1.49. The SMILES string of the molecule is CC(O)(CNC(=O)c1cc(Br)cs1)c1ccco1. The molecular formula is C12H12BrNO3S. The second-order valence-corrected chi connectivity index (χ2v) is 5.89. The Kier molecular flexibility index (Phi) is 3.89. The molecule has 0 aliphatic heterocycles. The molecular weight excluding hydrogens is 318 g/mol. The summed E-state index contributed by atoms with van der Waals surface area (Å²) >= 11 is 4.63. The molecule has 2 aromatic heterocycles. The molecule has 0 aromatic carbocycles. The number of hydrogen-bond acceptors (Lipinski definition) is 4. The largest absolute Gasteiger partial charge is 0.466 e. The first-order chi connectivity index (χ1) is 8.49. The first-order valence-corrected chi connectivity index (χ1v) is 6.95. The Bertz CT molecular complexity index is 533. The van der Waals surface area contributed by atoms with Crippen LogP contribution in [0.1, 0.15) is 22.4 Å². The number of halogens is 1. The van der Waals surface area contributed by atoms with Crippen molar-refractivity contribution in [3.8, 4) is 0 Å². The van der Waals surface area contributed by atoms with Crippen LogP contribution in [0.2, 0.25) is 0 Å². The van der Waals surface area contributed by atoms with Crippen LogP contribution in [0.3, 0.4) is 0 Å². The van der Waals surface area contributed by atoms with E-state index in [-0.39, 0.29) is 12.5 Å². The first-order valence-electron chi connectivity index (χ1n) is 5.27. The summed E-state index contributed by atoms with van der Waals surface area (Å²) in [6, 6.07) is 5.11. The molecule has 0 aliphatic carbocycles. The molecule has 0 radical (unpaired) electrons. The molecule has 0 spiro atoms. The Morgan fingerprint density at radius 2 is 2.44 bits per heavy atom. The molecule has 0 aliphatic rings. The van der Waals surface area contributed by atoms with Crippen molar-refractivity contribution < 1.29 is 14.3 Å². The van der Waals surface area contributed by atoms with Crippen molar-refractivity contribution in [2.45, 2.75) is 12.5 Å². The molecule has 0 saturated heterocycles. The van der Waals surface area contributed by atoms with Gasteiger partial charge in [0.25, 0.3) is 5.91 Å². The molecule has 2 heterocycles. The molecule has 2 aromatic rings. The number of carbonyl (C=O) groups is 1. The summed E-state index contributed by atoms with van der Waals surface area (Å²) in [5.74, 6) is 0.215. The first kappa shape index (κ1) is 13.3. The van der Waals surface area contributed by atoms with Crippen molar-refractivity contribution in [3.05, 3.63) is 45.0 Å². The van der Waals surface area contributed by atoms with Crippen LogP contribution in [0.25, 0.3) is 0 Å². The average molecular weight is 330 g/mol. The second kappa shape index (κ2) is 5.26. The smallest absolute Gasteiger partial charge is 0.261 e. The van der Waals surface area contributed by atoms with Gasteiger partial charge in [0, 0.05) is 9.85 Å². The lowest BCUT2D eigenvalue weighted by Gasteiger charge is -2.20. The number of aliphatic hydroxyl groups is 1. The molecule has 4 nitrogen and oxygen atoms in total. The lowest BCUT2D eigenvalue weighted by Crippen LogP contribution is -2.38. The van der Waals surface area contributed by atoms with Gasteiger partial charge in [-0.25, -0.2) is 0 Å². The Morgan fingerprint density at radius 3 is 3.00 bits per heavy atom. The molecule has 6 heteroatoms. The normalized spacial score (nSPS) is 14.2. The van der Waals surface area contributed by atoms with E-state index in [4.69, 9.17) is 4.42 Å². The zero-order valence-corrected chi connectivity index (χ0v) is 12.0. The Hall–Kier alpha value is -1.11. The van der Waals surface area contributed by atoms with E-state index in [1.54, 1.807) is 25.1 Å². The van der Waals surface area contributed by atoms with E-state index in [0.717, 1.165) is 4.47 Å². The zero-order chi connectivity index (χ0) is 13.2. The van der Waals surface area contributed by atoms with Gasteiger partial charge in [-0.05, 0) is 41.1 Å². The predicted molar refractivity (Wildman–Crippen MR) is 72.6 cm³/mol. The monoisotopic (exact) mass is 329 g/mol. The van der Waals surface area contributed by atoms with Gasteiger partial charge in [0.05, 0.1) is 17.7 Å². The van der Waals surface area contributed by atoms with E-state index in [1.807, 2.05) is 5.38 Å². The maximum absolute atomic E-state index is 11.8. The summed E-state index contributed by atoms with van der Waals surface area (Å²) < 4.78 is 6.00. The molecule has 0 saturated carbocycles. The third kappa shape index (κ3) is 3.01. The lowest BCUT2D eigenvalue weighted by atomic mass is 10.0. The van der Waals surface area contributed by atoms with Crippen LogP contribution in [0.15, 0.2) is 38.7 Å². The maximum atomic E-state index is 11.8. The van der Waals surface area contributed by atoms with Gasteiger partial charge in [-0.3, -0.25) is 4.79 Å². The molecule has 1 atom stereocenters. The van der Waals surface area contributed by atoms with E-state index in [2.05, 4.69) is 21.2 Å². The van der Waals surface area contributed by atoms with Gasteiger partial charge in [-0.2, -0.15) is 0 Å². The minimum atomic E-state index is -1.21. The standard InChI is InChI=1S/C12H12BrNO3S/c1-12(16,10-3-2-4-17-10)7-14-11(15)9-5-8(13)6-18-9/h2-6,16H,7H2,1H3,(H,14,15). The van der Waals surface area contributed by atoms with Gasteiger partial charge in [0.15, 0.2) is 0 Å². The molecule has 2 rings (SSSR count). The van der Waals surface area contributed by atoms with Gasteiger partial charge >= 0.3 is 0 Å². The summed E-state index contributed by atoms with van der Waals surface area (Å²) in [5, 5.41) is 14.7. The third-order valence-corrected chi connectivity index (χ3v) is 4.13. The lowest BCUT2D eigenvalue weighted by molar-refractivity contribution is 0.0331. The van der Waals surface area contributed by atoms with Crippen molar-refractivity contribution in [2.75, 3.05) is 6.54 Å². The fraction of sp³-hybridized carbons (Fsp3) is 0.250. The van der Waals surface area contributed by atoms with Crippen molar-refractivity contribution in [1.29, 1.82) is 0 Å². The summed E-state index contributed by atoms with van der Waals surface area (Å²) in [4.78, 5) is 12.4. The van der Waals surface area contributed by atoms with Gasteiger partial charge in [-0.15, -0.1) is 11.3 Å². The number of thiophene rings is 1. The van der Waals surface area contributed by atoms with Crippen molar-refractivity contribution in [3.63, 3.8) is 0 Å². The molecule has 2 N–H and O–H groups in total. The number of nitrogens with one attached hydrogen (secondary N) is 1. The minimum Gasteiger partial charge on any atom is -0.466 e. The molecule has 1 unspecified atom stereocenters. The summed E-state index contributed by atoms with van der Waals surface area (Å²) in [5.41, 5.74) is -1.21. The van der Waals surface area contributed by atoms with Crippen molar-refractivity contribution in [1.82, 2.24) is 5.32 Å². The summed E-state index contributed by atoms with van der Waals surface area (Å²) in [6.45, 7) is 1.69. The predicted octanol–water partition coefficient (Wildman–Crippen LogP) is 2.74. The quantitative estimate of drug-likeness (QED) is 0.906. The highest BCUT2D eigenvalue weighted by molar-refractivity contribution is 9.10. The Balaban J connectivity index is 1.98. The van der Waals surface area contributed by atoms with Crippen LogP contribution < -0.4 is 5.32 Å². The number of furan rings is 1. The number of carbonyl (C=O) groups excluding carboxylic acids is 1. The summed E-state index contributed by atoms with van der Waals surface area (Å²) in [7, 11) is 0. The van der Waals surface area contributed by atoms with Gasteiger partial charge in [0.2, 0.25) is 0 Å². The fourth-order valence-corrected chi connectivity index (χ4v) is 2.79. The minimum absolute atomic E-state index is 0.0921. The van der Waals surface area contributed by atoms with E-state index in [1.165, 1.54) is 17.6 Å². The van der Waals surface area contributed by atoms with Crippen LogP contribution in [0.4, 0.5) is 0 Å². The van der Waals surface area contributed by atoms with E-state index in [9.17, 15) is 9.90 Å². The number of rotatable bonds is 4. The highest BCUT2D eigenvalue weighted by Gasteiger charge is 2.27. The molecule has 96 valence electrons. The van der Waals surface area contributed by atoms with Crippen molar-refractivity contribution in [2.24, 2.45) is 0 Å². The zero-order valence-electron chi connectivity index (χ0n) is 9.64. The van der Waals surface area contributed by atoms with Gasteiger partial charge in [-0.1, -0.05) is 0 Å². The number of hydrogen-bond donors (Lipinski definition) is 2. The fourth-order valence-electron chi connectivity index (χ4n) is 1.44. The Labute approximate surface area is 117 Å². The van der Waals surface area contributed by atoms with Crippen LogP contribution in [0.5, 0.6) is 0 Å². The molecule has 1 amide bonds. The highest BCUT2D eigenvalue weighted by atomic mass is 79.9. The van der Waals surface area contributed by atoms with Crippen LogP contribution >= 0.6 is 27.3 Å². The average Bonchev–Trinajstić information content (AvgIpc) is 2.96. The van der Waals surface area contributed by atoms with Gasteiger partial charge < -0.3 is 14.8 Å². The third-order valence-electron chi connectivity index (χ3n) is 2.44. The van der Waals surface area contributed by atoms with Crippen LogP contribution in [0, 0.1) is 0 Å². The van der Waals surface area contributed by atoms with E-state index < -0.39 is 5.60 Å². The van der Waals surface area contributed by atoms with Crippen LogP contribution in [-0.4, -0.2) is 17.6 Å².